The summed E-state index contributed by atoms with van der Waals surface area (Å²) in [5.74, 6) is 0.333. The highest BCUT2D eigenvalue weighted by Gasteiger charge is 2.16. The molecule has 0 bridgehead atoms. The first-order valence-corrected chi connectivity index (χ1v) is 7.93. The van der Waals surface area contributed by atoms with E-state index in [1.807, 2.05) is 49.4 Å². The predicted octanol–water partition coefficient (Wildman–Crippen LogP) is 4.08. The summed E-state index contributed by atoms with van der Waals surface area (Å²) in [6, 6.07) is 16.9. The number of hydrogen-bond acceptors (Lipinski definition) is 4. The van der Waals surface area contributed by atoms with Gasteiger partial charge in [0.25, 0.3) is 0 Å². The summed E-state index contributed by atoms with van der Waals surface area (Å²) in [4.78, 5) is 10.9. The summed E-state index contributed by atoms with van der Waals surface area (Å²) in [6.45, 7) is 3.57. The number of carboxylic acid groups (broad SMARTS) is 1. The number of para-hydroxylation sites is 1. The fourth-order valence-electron chi connectivity index (χ4n) is 2.40. The fourth-order valence-corrected chi connectivity index (χ4v) is 2.40. The lowest BCUT2D eigenvalue weighted by Gasteiger charge is -2.19. The SMILES string of the molecule is CCOCCOC(Cc1ccccc1OC(=O)O)c1ccccc1. The lowest BCUT2D eigenvalue weighted by molar-refractivity contribution is 0.00642. The Morgan fingerprint density at radius 3 is 2.46 bits per heavy atom. The Kier molecular flexibility index (Phi) is 7.26. The van der Waals surface area contributed by atoms with Gasteiger partial charge in [-0.05, 0) is 24.1 Å². The summed E-state index contributed by atoms with van der Waals surface area (Å²) >= 11 is 0. The number of ether oxygens (including phenoxy) is 3. The van der Waals surface area contributed by atoms with Crippen molar-refractivity contribution in [1.82, 2.24) is 0 Å². The zero-order chi connectivity index (χ0) is 17.2. The lowest BCUT2D eigenvalue weighted by Crippen LogP contribution is -2.13. The molecule has 2 aromatic carbocycles. The molecule has 0 aliphatic rings. The van der Waals surface area contributed by atoms with Crippen molar-refractivity contribution < 1.29 is 24.1 Å². The maximum absolute atomic E-state index is 10.9. The molecule has 0 saturated carbocycles. The van der Waals surface area contributed by atoms with Gasteiger partial charge in [0.05, 0.1) is 19.3 Å². The van der Waals surface area contributed by atoms with Crippen LogP contribution in [0.5, 0.6) is 5.75 Å². The zero-order valence-corrected chi connectivity index (χ0v) is 13.7. The molecule has 0 spiro atoms. The van der Waals surface area contributed by atoms with Gasteiger partial charge < -0.3 is 19.3 Å². The normalized spacial score (nSPS) is 11.9. The highest BCUT2D eigenvalue weighted by Crippen LogP contribution is 2.27. The van der Waals surface area contributed by atoms with Crippen LogP contribution in [0, 0.1) is 0 Å². The second-order valence-corrected chi connectivity index (χ2v) is 5.15. The zero-order valence-electron chi connectivity index (χ0n) is 13.7. The van der Waals surface area contributed by atoms with Gasteiger partial charge in [-0.3, -0.25) is 0 Å². The van der Waals surface area contributed by atoms with Gasteiger partial charge in [-0.25, -0.2) is 4.79 Å². The second-order valence-electron chi connectivity index (χ2n) is 5.15. The minimum absolute atomic E-state index is 0.204. The first kappa shape index (κ1) is 18.0. The lowest BCUT2D eigenvalue weighted by atomic mass is 10.0. The van der Waals surface area contributed by atoms with E-state index >= 15 is 0 Å². The molecule has 0 aliphatic carbocycles. The molecule has 1 atom stereocenters. The van der Waals surface area contributed by atoms with E-state index in [9.17, 15) is 4.79 Å². The summed E-state index contributed by atoms with van der Waals surface area (Å²) in [5.41, 5.74) is 1.81. The van der Waals surface area contributed by atoms with E-state index in [-0.39, 0.29) is 6.10 Å². The quantitative estimate of drug-likeness (QED) is 0.426. The molecule has 2 rings (SSSR count). The third-order valence-corrected chi connectivity index (χ3v) is 3.50. The van der Waals surface area contributed by atoms with Crippen LogP contribution in [-0.4, -0.2) is 31.1 Å². The van der Waals surface area contributed by atoms with E-state index < -0.39 is 6.16 Å². The van der Waals surface area contributed by atoms with Gasteiger partial charge in [-0.2, -0.15) is 0 Å². The Morgan fingerprint density at radius 2 is 1.75 bits per heavy atom. The largest absolute Gasteiger partial charge is 0.511 e. The van der Waals surface area contributed by atoms with Crippen molar-refractivity contribution in [2.75, 3.05) is 19.8 Å². The average Bonchev–Trinajstić information content (AvgIpc) is 2.59. The highest BCUT2D eigenvalue weighted by atomic mass is 16.7. The van der Waals surface area contributed by atoms with Gasteiger partial charge in [-0.1, -0.05) is 48.5 Å². The first-order chi connectivity index (χ1) is 11.7. The van der Waals surface area contributed by atoms with Crippen LogP contribution >= 0.6 is 0 Å². The molecule has 0 amide bonds. The molecule has 0 aliphatic heterocycles. The van der Waals surface area contributed by atoms with Gasteiger partial charge in [-0.15, -0.1) is 0 Å². The van der Waals surface area contributed by atoms with E-state index in [0.29, 0.717) is 32.0 Å². The highest BCUT2D eigenvalue weighted by molar-refractivity contribution is 5.62. The van der Waals surface area contributed by atoms with Gasteiger partial charge in [0.1, 0.15) is 5.75 Å². The van der Waals surface area contributed by atoms with Crippen LogP contribution in [0.3, 0.4) is 0 Å². The van der Waals surface area contributed by atoms with Crippen molar-refractivity contribution in [2.45, 2.75) is 19.4 Å². The molecule has 0 heterocycles. The van der Waals surface area contributed by atoms with Crippen molar-refractivity contribution in [3.8, 4) is 5.75 Å². The minimum atomic E-state index is -1.32. The molecular formula is C19H22O5. The molecule has 5 nitrogen and oxygen atoms in total. The molecule has 0 radical (unpaired) electrons. The molecule has 1 unspecified atom stereocenters. The molecule has 0 saturated heterocycles. The van der Waals surface area contributed by atoms with Crippen LogP contribution in [0.4, 0.5) is 4.79 Å². The van der Waals surface area contributed by atoms with E-state index in [0.717, 1.165) is 11.1 Å². The van der Waals surface area contributed by atoms with E-state index in [1.165, 1.54) is 0 Å². The van der Waals surface area contributed by atoms with Crippen LogP contribution in [0.2, 0.25) is 0 Å². The summed E-state index contributed by atoms with van der Waals surface area (Å²) in [7, 11) is 0. The molecule has 5 heteroatoms. The van der Waals surface area contributed by atoms with Crippen LogP contribution in [0.15, 0.2) is 54.6 Å². The minimum Gasteiger partial charge on any atom is -0.449 e. The number of hydrogen-bond donors (Lipinski definition) is 1. The number of carbonyl (C=O) groups is 1. The summed E-state index contributed by atoms with van der Waals surface area (Å²) in [5, 5.41) is 8.87. The predicted molar refractivity (Wildman–Crippen MR) is 90.4 cm³/mol. The second kappa shape index (κ2) is 9.70. The van der Waals surface area contributed by atoms with Crippen molar-refractivity contribution in [1.29, 1.82) is 0 Å². The van der Waals surface area contributed by atoms with E-state index in [2.05, 4.69) is 0 Å². The Morgan fingerprint density at radius 1 is 1.04 bits per heavy atom. The smallest absolute Gasteiger partial charge is 0.449 e. The van der Waals surface area contributed by atoms with Gasteiger partial charge in [0.15, 0.2) is 0 Å². The van der Waals surface area contributed by atoms with Gasteiger partial charge in [0, 0.05) is 13.0 Å². The van der Waals surface area contributed by atoms with Crippen molar-refractivity contribution >= 4 is 6.16 Å². The van der Waals surface area contributed by atoms with Crippen LogP contribution in [0.1, 0.15) is 24.2 Å². The molecule has 0 fully saturated rings. The molecule has 128 valence electrons. The van der Waals surface area contributed by atoms with E-state index in [1.54, 1.807) is 12.1 Å². The van der Waals surface area contributed by atoms with Crippen LogP contribution < -0.4 is 4.74 Å². The van der Waals surface area contributed by atoms with Crippen molar-refractivity contribution in [3.05, 3.63) is 65.7 Å². The van der Waals surface area contributed by atoms with Gasteiger partial charge >= 0.3 is 6.16 Å². The van der Waals surface area contributed by atoms with Gasteiger partial charge in [0.2, 0.25) is 0 Å². The first-order valence-electron chi connectivity index (χ1n) is 7.93. The number of rotatable bonds is 9. The molecule has 24 heavy (non-hydrogen) atoms. The maximum atomic E-state index is 10.9. The average molecular weight is 330 g/mol. The standard InChI is InChI=1S/C19H22O5/c1-2-22-12-13-23-18(15-8-4-3-5-9-15)14-16-10-6-7-11-17(16)24-19(20)21/h3-11,18H,2,12-14H2,1H3,(H,20,21). The van der Waals surface area contributed by atoms with Crippen LogP contribution in [0.25, 0.3) is 0 Å². The van der Waals surface area contributed by atoms with Crippen LogP contribution in [-0.2, 0) is 15.9 Å². The molecule has 1 N–H and O–H groups in total. The topological polar surface area (TPSA) is 65.0 Å². The monoisotopic (exact) mass is 330 g/mol. The number of benzene rings is 2. The fraction of sp³-hybridized carbons (Fsp3) is 0.316. The third-order valence-electron chi connectivity index (χ3n) is 3.50. The molecule has 2 aromatic rings. The third kappa shape index (κ3) is 5.68. The van der Waals surface area contributed by atoms with Crippen molar-refractivity contribution in [3.63, 3.8) is 0 Å². The molecular weight excluding hydrogens is 308 g/mol. The maximum Gasteiger partial charge on any atom is 0.511 e. The Hall–Kier alpha value is -2.37. The Bertz CT molecular complexity index is 627. The Labute approximate surface area is 141 Å². The van der Waals surface area contributed by atoms with Crippen molar-refractivity contribution in [2.24, 2.45) is 0 Å². The Balaban J connectivity index is 2.14. The summed E-state index contributed by atoms with van der Waals surface area (Å²) in [6.07, 6.45) is -1.01. The molecule has 0 aromatic heterocycles. The summed E-state index contributed by atoms with van der Waals surface area (Å²) < 4.78 is 16.1. The van der Waals surface area contributed by atoms with E-state index in [4.69, 9.17) is 19.3 Å².